The van der Waals surface area contributed by atoms with Gasteiger partial charge in [0.05, 0.1) is 35.1 Å². The number of aromatic nitrogens is 6. The molecule has 0 radical (unpaired) electrons. The summed E-state index contributed by atoms with van der Waals surface area (Å²) >= 11 is 5.98. The number of pyridine rings is 1. The normalized spacial score (nSPS) is 15.1. The van der Waals surface area contributed by atoms with Gasteiger partial charge in [-0.15, -0.1) is 10.2 Å². The number of nitrogens with zero attached hydrogens (tertiary/aromatic N) is 7. The first-order valence-corrected chi connectivity index (χ1v) is 11.8. The van der Waals surface area contributed by atoms with Crippen LogP contribution in [0.3, 0.4) is 0 Å². The molecule has 2 N–H and O–H groups in total. The van der Waals surface area contributed by atoms with Gasteiger partial charge in [-0.2, -0.15) is 5.10 Å². The number of piperidine rings is 1. The highest BCUT2D eigenvalue weighted by atomic mass is 35.5. The largest absolute Gasteiger partial charge is 0.383 e. The number of nitrogen functional groups attached to an aromatic ring is 1. The fourth-order valence-electron chi connectivity index (χ4n) is 4.40. The first-order chi connectivity index (χ1) is 17.0. The van der Waals surface area contributed by atoms with Crippen LogP contribution >= 0.6 is 11.6 Å². The maximum absolute atomic E-state index is 14.7. The van der Waals surface area contributed by atoms with Crippen LogP contribution in [0.2, 0.25) is 5.02 Å². The van der Waals surface area contributed by atoms with Gasteiger partial charge in [0.25, 0.3) is 0 Å². The third-order valence-corrected chi connectivity index (χ3v) is 6.67. The summed E-state index contributed by atoms with van der Waals surface area (Å²) in [6, 6.07) is 6.98. The summed E-state index contributed by atoms with van der Waals surface area (Å²) in [6.07, 6.45) is 9.06. The highest BCUT2D eigenvalue weighted by Gasteiger charge is 2.22. The predicted octanol–water partition coefficient (Wildman–Crippen LogP) is 3.85. The van der Waals surface area contributed by atoms with E-state index in [1.165, 1.54) is 17.0 Å². The molecule has 0 spiro atoms. The Balaban J connectivity index is 1.40. The van der Waals surface area contributed by atoms with Gasteiger partial charge in [-0.25, -0.2) is 9.37 Å². The molecule has 5 rings (SSSR count). The van der Waals surface area contributed by atoms with Crippen molar-refractivity contribution in [3.63, 3.8) is 0 Å². The second-order valence-corrected chi connectivity index (χ2v) is 8.94. The van der Waals surface area contributed by atoms with Gasteiger partial charge in [-0.1, -0.05) is 17.7 Å². The standard InChI is InChI=1S/C24H26ClFN8O/c1-35-10-9-32-7-5-18(6-8-32)34-14-17(13-30-34)16-11-19(23(27)28-12-16)24-31-29-15-33(24)21-4-2-3-20(25)22(21)26/h2-4,11-15,18H,5-10H2,1H3,(H2,27,28). The zero-order valence-electron chi connectivity index (χ0n) is 19.3. The number of benzene rings is 1. The molecule has 4 aromatic rings. The smallest absolute Gasteiger partial charge is 0.172 e. The van der Waals surface area contributed by atoms with Gasteiger partial charge in [0.1, 0.15) is 12.1 Å². The molecular formula is C24H26ClFN8O. The van der Waals surface area contributed by atoms with Crippen molar-refractivity contribution < 1.29 is 9.13 Å². The van der Waals surface area contributed by atoms with Crippen molar-refractivity contribution in [2.45, 2.75) is 18.9 Å². The average molecular weight is 497 g/mol. The number of hydrogen-bond acceptors (Lipinski definition) is 7. The molecule has 1 aliphatic heterocycles. The number of ether oxygens (including phenoxy) is 1. The van der Waals surface area contributed by atoms with Crippen molar-refractivity contribution in [3.8, 4) is 28.2 Å². The van der Waals surface area contributed by atoms with Gasteiger partial charge in [-0.3, -0.25) is 9.25 Å². The highest BCUT2D eigenvalue weighted by Crippen LogP contribution is 2.32. The molecule has 1 fully saturated rings. The Kier molecular flexibility index (Phi) is 6.76. The van der Waals surface area contributed by atoms with E-state index in [1.807, 2.05) is 23.1 Å². The van der Waals surface area contributed by atoms with Gasteiger partial charge in [-0.05, 0) is 31.0 Å². The fraction of sp³-hybridized carbons (Fsp3) is 0.333. The van der Waals surface area contributed by atoms with Gasteiger partial charge in [0, 0.05) is 50.3 Å². The fourth-order valence-corrected chi connectivity index (χ4v) is 4.57. The first kappa shape index (κ1) is 23.4. The Morgan fingerprint density at radius 3 is 2.83 bits per heavy atom. The molecular weight excluding hydrogens is 471 g/mol. The highest BCUT2D eigenvalue weighted by molar-refractivity contribution is 6.30. The Bertz CT molecular complexity index is 1310. The molecule has 0 aliphatic carbocycles. The summed E-state index contributed by atoms with van der Waals surface area (Å²) in [4.78, 5) is 6.78. The maximum Gasteiger partial charge on any atom is 0.172 e. The number of rotatable bonds is 7. The van der Waals surface area contributed by atoms with Gasteiger partial charge >= 0.3 is 0 Å². The summed E-state index contributed by atoms with van der Waals surface area (Å²) in [5.41, 5.74) is 8.72. The van der Waals surface area contributed by atoms with Crippen molar-refractivity contribution in [1.82, 2.24) is 34.4 Å². The average Bonchev–Trinajstić information content (AvgIpc) is 3.56. The molecule has 35 heavy (non-hydrogen) atoms. The van der Waals surface area contributed by atoms with E-state index in [0.29, 0.717) is 17.4 Å². The maximum atomic E-state index is 14.7. The van der Waals surface area contributed by atoms with Crippen molar-refractivity contribution in [2.24, 2.45) is 0 Å². The van der Waals surface area contributed by atoms with E-state index in [0.717, 1.165) is 50.2 Å². The molecule has 0 amide bonds. The Hall–Kier alpha value is -3.34. The van der Waals surface area contributed by atoms with Crippen LogP contribution in [-0.4, -0.2) is 67.8 Å². The Labute approximate surface area is 207 Å². The van der Waals surface area contributed by atoms with Crippen LogP contribution < -0.4 is 5.73 Å². The van der Waals surface area contributed by atoms with E-state index in [-0.39, 0.29) is 16.5 Å². The quantitative estimate of drug-likeness (QED) is 0.414. The Morgan fingerprint density at radius 1 is 1.20 bits per heavy atom. The van der Waals surface area contributed by atoms with Crippen molar-refractivity contribution in [3.05, 3.63) is 60.0 Å². The lowest BCUT2D eigenvalue weighted by atomic mass is 10.1. The van der Waals surface area contributed by atoms with E-state index in [4.69, 9.17) is 22.1 Å². The summed E-state index contributed by atoms with van der Waals surface area (Å²) in [5.74, 6) is 0.0718. The molecule has 3 aromatic heterocycles. The summed E-state index contributed by atoms with van der Waals surface area (Å²) in [7, 11) is 1.73. The van der Waals surface area contributed by atoms with Crippen molar-refractivity contribution in [1.29, 1.82) is 0 Å². The van der Waals surface area contributed by atoms with E-state index < -0.39 is 5.82 Å². The number of hydrogen-bond donors (Lipinski definition) is 1. The molecule has 9 nitrogen and oxygen atoms in total. The van der Waals surface area contributed by atoms with Crippen LogP contribution in [0.4, 0.5) is 10.2 Å². The second kappa shape index (κ2) is 10.1. The molecule has 0 bridgehead atoms. The molecule has 1 aromatic carbocycles. The summed E-state index contributed by atoms with van der Waals surface area (Å²) in [6.45, 7) is 3.75. The molecule has 1 saturated heterocycles. The monoisotopic (exact) mass is 496 g/mol. The van der Waals surface area contributed by atoms with Crippen LogP contribution in [0.1, 0.15) is 18.9 Å². The van der Waals surface area contributed by atoms with E-state index in [9.17, 15) is 4.39 Å². The number of likely N-dealkylation sites (tertiary alicyclic amines) is 1. The first-order valence-electron chi connectivity index (χ1n) is 11.4. The molecule has 11 heteroatoms. The van der Waals surface area contributed by atoms with Gasteiger partial charge < -0.3 is 15.4 Å². The van der Waals surface area contributed by atoms with Crippen LogP contribution in [-0.2, 0) is 4.74 Å². The Morgan fingerprint density at radius 2 is 2.03 bits per heavy atom. The SMILES string of the molecule is COCCN1CCC(n2cc(-c3cnc(N)c(-c4nncn4-c4cccc(Cl)c4F)c3)cn2)CC1. The van der Waals surface area contributed by atoms with Crippen molar-refractivity contribution >= 4 is 17.4 Å². The lowest BCUT2D eigenvalue weighted by molar-refractivity contribution is 0.119. The number of halogens is 2. The van der Waals surface area contributed by atoms with E-state index >= 15 is 0 Å². The molecule has 182 valence electrons. The zero-order chi connectivity index (χ0) is 24.4. The predicted molar refractivity (Wildman–Crippen MR) is 132 cm³/mol. The lowest BCUT2D eigenvalue weighted by Crippen LogP contribution is -2.36. The number of anilines is 1. The van der Waals surface area contributed by atoms with Gasteiger partial charge in [0.15, 0.2) is 11.6 Å². The number of nitrogens with two attached hydrogens (primary N) is 1. The third-order valence-electron chi connectivity index (χ3n) is 6.38. The topological polar surface area (TPSA) is 99.9 Å². The van der Waals surface area contributed by atoms with Crippen LogP contribution in [0.5, 0.6) is 0 Å². The van der Waals surface area contributed by atoms with Crippen LogP contribution in [0.25, 0.3) is 28.2 Å². The molecule has 0 atom stereocenters. The number of methoxy groups -OCH3 is 1. The minimum Gasteiger partial charge on any atom is -0.383 e. The lowest BCUT2D eigenvalue weighted by Gasteiger charge is -2.31. The van der Waals surface area contributed by atoms with Crippen LogP contribution in [0.15, 0.2) is 49.2 Å². The third kappa shape index (κ3) is 4.77. The van der Waals surface area contributed by atoms with Gasteiger partial charge in [0.2, 0.25) is 0 Å². The molecule has 0 unspecified atom stereocenters. The molecule has 0 saturated carbocycles. The zero-order valence-corrected chi connectivity index (χ0v) is 20.1. The summed E-state index contributed by atoms with van der Waals surface area (Å²) in [5, 5.41) is 12.8. The van der Waals surface area contributed by atoms with Crippen molar-refractivity contribution in [2.75, 3.05) is 39.1 Å². The minimum atomic E-state index is -0.563. The van der Waals surface area contributed by atoms with Crippen LogP contribution in [0, 0.1) is 5.82 Å². The molecule has 4 heterocycles. The summed E-state index contributed by atoms with van der Waals surface area (Å²) < 4.78 is 23.4. The van der Waals surface area contributed by atoms with E-state index in [2.05, 4.69) is 25.2 Å². The molecule has 1 aliphatic rings. The minimum absolute atomic E-state index is 0.0129. The van der Waals surface area contributed by atoms with E-state index in [1.54, 1.807) is 25.4 Å². The second-order valence-electron chi connectivity index (χ2n) is 8.53.